The molecule has 0 bridgehead atoms. The average Bonchev–Trinajstić information content (AvgIpc) is 3.08. The Labute approximate surface area is 145 Å². The van der Waals surface area contributed by atoms with Crippen LogP contribution in [0.2, 0.25) is 0 Å². The zero-order valence-electron chi connectivity index (χ0n) is 13.9. The molecule has 1 aromatic rings. The van der Waals surface area contributed by atoms with Crippen molar-refractivity contribution in [3.05, 3.63) is 24.3 Å². The SMILES string of the molecule is COc1ccc(OCCNC(=O)[C@@H]2CS[C@]3(C)CCC(=O)N23)cc1. The second-order valence-corrected chi connectivity index (χ2v) is 7.58. The number of ether oxygens (including phenoxy) is 2. The maximum Gasteiger partial charge on any atom is 0.243 e. The normalized spacial score (nSPS) is 25.5. The van der Waals surface area contributed by atoms with Crippen molar-refractivity contribution in [3.63, 3.8) is 0 Å². The van der Waals surface area contributed by atoms with Crippen LogP contribution in [0, 0.1) is 0 Å². The first-order valence-corrected chi connectivity index (χ1v) is 9.03. The first-order valence-electron chi connectivity index (χ1n) is 8.04. The van der Waals surface area contributed by atoms with Gasteiger partial charge in [0.05, 0.1) is 18.5 Å². The van der Waals surface area contributed by atoms with E-state index in [9.17, 15) is 9.59 Å². The van der Waals surface area contributed by atoms with Crippen LogP contribution in [0.4, 0.5) is 0 Å². The Morgan fingerprint density at radius 1 is 1.38 bits per heavy atom. The number of methoxy groups -OCH3 is 1. The lowest BCUT2D eigenvalue weighted by molar-refractivity contribution is -0.137. The molecule has 24 heavy (non-hydrogen) atoms. The summed E-state index contributed by atoms with van der Waals surface area (Å²) in [6.45, 7) is 2.83. The van der Waals surface area contributed by atoms with Gasteiger partial charge in [-0.3, -0.25) is 9.59 Å². The third-order valence-corrected chi connectivity index (χ3v) is 5.98. The van der Waals surface area contributed by atoms with E-state index in [4.69, 9.17) is 9.47 Å². The summed E-state index contributed by atoms with van der Waals surface area (Å²) in [5, 5.41) is 2.87. The second-order valence-electron chi connectivity index (χ2n) is 6.08. The van der Waals surface area contributed by atoms with Crippen LogP contribution >= 0.6 is 11.8 Å². The fourth-order valence-electron chi connectivity index (χ4n) is 3.15. The number of hydrogen-bond acceptors (Lipinski definition) is 5. The fourth-order valence-corrected chi connectivity index (χ4v) is 4.58. The molecule has 7 heteroatoms. The predicted molar refractivity (Wildman–Crippen MR) is 92.2 cm³/mol. The number of carbonyl (C=O) groups is 2. The van der Waals surface area contributed by atoms with E-state index in [1.54, 1.807) is 23.8 Å². The minimum Gasteiger partial charge on any atom is -0.497 e. The van der Waals surface area contributed by atoms with E-state index in [1.807, 2.05) is 31.2 Å². The molecule has 2 saturated heterocycles. The minimum atomic E-state index is -0.365. The van der Waals surface area contributed by atoms with Gasteiger partial charge in [-0.2, -0.15) is 0 Å². The van der Waals surface area contributed by atoms with E-state index >= 15 is 0 Å². The number of benzene rings is 1. The van der Waals surface area contributed by atoms with Gasteiger partial charge in [0.1, 0.15) is 24.1 Å². The Bertz CT molecular complexity index is 622. The highest BCUT2D eigenvalue weighted by molar-refractivity contribution is 8.01. The van der Waals surface area contributed by atoms with E-state index < -0.39 is 0 Å². The first kappa shape index (κ1) is 17.0. The van der Waals surface area contributed by atoms with Crippen LogP contribution in [0.15, 0.2) is 24.3 Å². The molecule has 0 spiro atoms. The van der Waals surface area contributed by atoms with Crippen molar-refractivity contribution in [2.45, 2.75) is 30.7 Å². The third kappa shape index (κ3) is 3.31. The van der Waals surface area contributed by atoms with Crippen molar-refractivity contribution in [3.8, 4) is 11.5 Å². The molecule has 2 amide bonds. The monoisotopic (exact) mass is 350 g/mol. The van der Waals surface area contributed by atoms with Crippen LogP contribution in [0.3, 0.4) is 0 Å². The number of nitrogens with one attached hydrogen (secondary N) is 1. The van der Waals surface area contributed by atoms with Gasteiger partial charge in [-0.1, -0.05) is 0 Å². The summed E-state index contributed by atoms with van der Waals surface area (Å²) >= 11 is 1.70. The molecule has 2 fully saturated rings. The van der Waals surface area contributed by atoms with Gasteiger partial charge in [-0.25, -0.2) is 0 Å². The molecule has 0 aliphatic carbocycles. The molecule has 2 aliphatic heterocycles. The van der Waals surface area contributed by atoms with Crippen molar-refractivity contribution < 1.29 is 19.1 Å². The Balaban J connectivity index is 1.45. The summed E-state index contributed by atoms with van der Waals surface area (Å²) in [5.41, 5.74) is 0. The quantitative estimate of drug-likeness (QED) is 0.790. The predicted octanol–water partition coefficient (Wildman–Crippen LogP) is 1.64. The molecule has 6 nitrogen and oxygen atoms in total. The topological polar surface area (TPSA) is 67.9 Å². The number of nitrogens with zero attached hydrogens (tertiary/aromatic N) is 1. The Morgan fingerprint density at radius 2 is 2.08 bits per heavy atom. The Kier molecular flexibility index (Phi) is 4.89. The lowest BCUT2D eigenvalue weighted by Crippen LogP contribution is -2.50. The van der Waals surface area contributed by atoms with Gasteiger partial charge in [-0.15, -0.1) is 11.8 Å². The third-order valence-electron chi connectivity index (χ3n) is 4.48. The molecule has 2 aliphatic rings. The van der Waals surface area contributed by atoms with Gasteiger partial charge in [0, 0.05) is 12.2 Å². The molecular formula is C17H22N2O4S. The summed E-state index contributed by atoms with van der Waals surface area (Å²) in [5.74, 6) is 2.14. The number of fused-ring (bicyclic) bond motifs is 1. The van der Waals surface area contributed by atoms with Crippen LogP contribution < -0.4 is 14.8 Å². The molecule has 2 atom stereocenters. The highest BCUT2D eigenvalue weighted by atomic mass is 32.2. The number of carbonyl (C=O) groups excluding carboxylic acids is 2. The molecule has 0 radical (unpaired) electrons. The van der Waals surface area contributed by atoms with Crippen molar-refractivity contribution in [2.75, 3.05) is 26.0 Å². The summed E-state index contributed by atoms with van der Waals surface area (Å²) in [6, 6.07) is 6.93. The molecule has 0 aromatic heterocycles. The molecule has 130 valence electrons. The smallest absolute Gasteiger partial charge is 0.243 e. The largest absolute Gasteiger partial charge is 0.497 e. The number of amides is 2. The van der Waals surface area contributed by atoms with Gasteiger partial charge in [0.15, 0.2) is 0 Å². The standard InChI is InChI=1S/C17H22N2O4S/c1-17-8-7-15(20)19(17)14(11-24-17)16(21)18-9-10-23-13-5-3-12(22-2)4-6-13/h3-6,14H,7-11H2,1-2H3,(H,18,21)/t14-,17+/m0/s1. The van der Waals surface area contributed by atoms with Crippen molar-refractivity contribution >= 4 is 23.6 Å². The number of rotatable bonds is 6. The van der Waals surface area contributed by atoms with Crippen LogP contribution in [0.5, 0.6) is 11.5 Å². The summed E-state index contributed by atoms with van der Waals surface area (Å²) in [6.07, 6.45) is 1.36. The fraction of sp³-hybridized carbons (Fsp3) is 0.529. The van der Waals surface area contributed by atoms with E-state index in [-0.39, 0.29) is 22.7 Å². The lowest BCUT2D eigenvalue weighted by atomic mass is 10.2. The van der Waals surface area contributed by atoms with E-state index in [1.165, 1.54) is 0 Å². The van der Waals surface area contributed by atoms with E-state index in [0.29, 0.717) is 25.3 Å². The highest BCUT2D eigenvalue weighted by Crippen LogP contribution is 2.47. The minimum absolute atomic E-state index is 0.0807. The summed E-state index contributed by atoms with van der Waals surface area (Å²) in [4.78, 5) is 26.0. The average molecular weight is 350 g/mol. The first-order chi connectivity index (χ1) is 11.5. The van der Waals surface area contributed by atoms with Crippen LogP contribution in [0.1, 0.15) is 19.8 Å². The lowest BCUT2D eigenvalue weighted by Gasteiger charge is -2.29. The molecule has 3 rings (SSSR count). The van der Waals surface area contributed by atoms with Gasteiger partial charge < -0.3 is 19.7 Å². The van der Waals surface area contributed by atoms with Crippen LogP contribution in [-0.2, 0) is 9.59 Å². The van der Waals surface area contributed by atoms with Crippen molar-refractivity contribution in [1.29, 1.82) is 0 Å². The highest BCUT2D eigenvalue weighted by Gasteiger charge is 2.52. The molecule has 1 aromatic carbocycles. The second kappa shape index (κ2) is 6.93. The maximum atomic E-state index is 12.4. The molecule has 0 unspecified atom stereocenters. The van der Waals surface area contributed by atoms with E-state index in [2.05, 4.69) is 5.32 Å². The van der Waals surface area contributed by atoms with Gasteiger partial charge in [0.2, 0.25) is 11.8 Å². The van der Waals surface area contributed by atoms with Crippen molar-refractivity contribution in [2.24, 2.45) is 0 Å². The van der Waals surface area contributed by atoms with E-state index in [0.717, 1.165) is 17.9 Å². The summed E-state index contributed by atoms with van der Waals surface area (Å²) in [7, 11) is 1.61. The number of thioether (sulfide) groups is 1. The zero-order chi connectivity index (χ0) is 17.2. The molecule has 0 saturated carbocycles. The van der Waals surface area contributed by atoms with Gasteiger partial charge >= 0.3 is 0 Å². The zero-order valence-corrected chi connectivity index (χ0v) is 14.7. The molecule has 1 N–H and O–H groups in total. The van der Waals surface area contributed by atoms with Crippen LogP contribution in [0.25, 0.3) is 0 Å². The van der Waals surface area contributed by atoms with Crippen molar-refractivity contribution in [1.82, 2.24) is 10.2 Å². The van der Waals surface area contributed by atoms with Gasteiger partial charge in [-0.05, 0) is 37.6 Å². The molecule has 2 heterocycles. The van der Waals surface area contributed by atoms with Crippen LogP contribution in [-0.4, -0.2) is 53.6 Å². The molecular weight excluding hydrogens is 328 g/mol. The van der Waals surface area contributed by atoms with Gasteiger partial charge in [0.25, 0.3) is 0 Å². The maximum absolute atomic E-state index is 12.4. The summed E-state index contributed by atoms with van der Waals surface area (Å²) < 4.78 is 10.7. The Hall–Kier alpha value is -1.89. The number of hydrogen-bond donors (Lipinski definition) is 1. The Morgan fingerprint density at radius 3 is 2.79 bits per heavy atom.